The lowest BCUT2D eigenvalue weighted by molar-refractivity contribution is -0.117. The molecule has 0 aliphatic rings. The van der Waals surface area contributed by atoms with Gasteiger partial charge in [-0.3, -0.25) is 9.59 Å². The van der Waals surface area contributed by atoms with Gasteiger partial charge in [0.1, 0.15) is 18.2 Å². The number of amides is 2. The van der Waals surface area contributed by atoms with Gasteiger partial charge in [-0.1, -0.05) is 58.9 Å². The molecule has 2 aromatic carbocycles. The summed E-state index contributed by atoms with van der Waals surface area (Å²) >= 11 is 0. The standard InChI is InChI=1S/C27H33FN4O2/c1-18(2)16-31(26(34)21-12-7-8-13-22(21)28)17-25(33)29-24-15-23(27(4,5)6)30-32(24)20-11-9-10-19(3)14-20/h7-15,18H,16-17H2,1-6H3,(H,29,33). The summed E-state index contributed by atoms with van der Waals surface area (Å²) in [6.45, 7) is 12.2. The molecular weight excluding hydrogens is 431 g/mol. The van der Waals surface area contributed by atoms with E-state index in [1.807, 2.05) is 51.1 Å². The summed E-state index contributed by atoms with van der Waals surface area (Å²) in [5.41, 5.74) is 2.45. The summed E-state index contributed by atoms with van der Waals surface area (Å²) < 4.78 is 16.0. The monoisotopic (exact) mass is 464 g/mol. The van der Waals surface area contributed by atoms with Crippen molar-refractivity contribution in [2.24, 2.45) is 5.92 Å². The lowest BCUT2D eigenvalue weighted by Gasteiger charge is -2.24. The van der Waals surface area contributed by atoms with E-state index in [1.165, 1.54) is 23.1 Å². The number of nitrogens with zero attached hydrogens (tertiary/aromatic N) is 3. The molecule has 3 aromatic rings. The number of carbonyl (C=O) groups excluding carboxylic acids is 2. The molecular formula is C27H33FN4O2. The second kappa shape index (κ2) is 10.2. The van der Waals surface area contributed by atoms with Gasteiger partial charge in [-0.25, -0.2) is 9.07 Å². The molecule has 3 rings (SSSR count). The van der Waals surface area contributed by atoms with Gasteiger partial charge in [-0.05, 0) is 42.7 Å². The van der Waals surface area contributed by atoms with Crippen molar-refractivity contribution in [2.45, 2.75) is 47.0 Å². The van der Waals surface area contributed by atoms with Crippen molar-refractivity contribution < 1.29 is 14.0 Å². The van der Waals surface area contributed by atoms with E-state index in [1.54, 1.807) is 10.7 Å². The van der Waals surface area contributed by atoms with Crippen molar-refractivity contribution >= 4 is 17.6 Å². The van der Waals surface area contributed by atoms with E-state index in [-0.39, 0.29) is 29.3 Å². The number of rotatable bonds is 7. The first-order valence-corrected chi connectivity index (χ1v) is 11.5. The normalized spacial score (nSPS) is 11.5. The van der Waals surface area contributed by atoms with Crippen LogP contribution in [0.1, 0.15) is 56.2 Å². The first kappa shape index (κ1) is 25.1. The molecule has 6 nitrogen and oxygen atoms in total. The summed E-state index contributed by atoms with van der Waals surface area (Å²) in [7, 11) is 0. The van der Waals surface area contributed by atoms with Gasteiger partial charge in [-0.15, -0.1) is 0 Å². The Hall–Kier alpha value is -3.48. The molecule has 0 aliphatic carbocycles. The van der Waals surface area contributed by atoms with Crippen LogP contribution in [0.5, 0.6) is 0 Å². The van der Waals surface area contributed by atoms with Gasteiger partial charge >= 0.3 is 0 Å². The Balaban J connectivity index is 1.89. The van der Waals surface area contributed by atoms with Crippen LogP contribution in [0.2, 0.25) is 0 Å². The maximum Gasteiger partial charge on any atom is 0.257 e. The second-order valence-electron chi connectivity index (χ2n) is 10.0. The first-order valence-electron chi connectivity index (χ1n) is 11.5. The summed E-state index contributed by atoms with van der Waals surface area (Å²) in [6, 6.07) is 15.5. The van der Waals surface area contributed by atoms with Crippen molar-refractivity contribution in [3.8, 4) is 5.69 Å². The van der Waals surface area contributed by atoms with Crippen LogP contribution in [0.25, 0.3) is 5.69 Å². The SMILES string of the molecule is Cc1cccc(-n2nc(C(C)(C)C)cc2NC(=O)CN(CC(C)C)C(=O)c2ccccc2F)c1. The van der Waals surface area contributed by atoms with Crippen molar-refractivity contribution in [3.63, 3.8) is 0 Å². The largest absolute Gasteiger partial charge is 0.329 e. The molecule has 0 aliphatic heterocycles. The van der Waals surface area contributed by atoms with Crippen LogP contribution in [0.4, 0.5) is 10.2 Å². The van der Waals surface area contributed by atoms with E-state index >= 15 is 0 Å². The summed E-state index contributed by atoms with van der Waals surface area (Å²) in [5, 5.41) is 7.66. The van der Waals surface area contributed by atoms with Crippen LogP contribution in [-0.4, -0.2) is 39.6 Å². The van der Waals surface area contributed by atoms with Crippen LogP contribution < -0.4 is 5.32 Å². The van der Waals surface area contributed by atoms with Gasteiger partial charge in [0, 0.05) is 18.0 Å². The van der Waals surface area contributed by atoms with E-state index < -0.39 is 11.7 Å². The smallest absolute Gasteiger partial charge is 0.257 e. The Morgan fingerprint density at radius 2 is 1.79 bits per heavy atom. The molecule has 0 bridgehead atoms. The van der Waals surface area contributed by atoms with E-state index in [0.29, 0.717) is 12.4 Å². The molecule has 1 N–H and O–H groups in total. The Kier molecular flexibility index (Phi) is 7.54. The van der Waals surface area contributed by atoms with Gasteiger partial charge in [-0.2, -0.15) is 5.10 Å². The number of nitrogens with one attached hydrogen (secondary N) is 1. The number of aryl methyl sites for hydroxylation is 1. The third kappa shape index (κ3) is 6.10. The third-order valence-corrected chi connectivity index (χ3v) is 5.30. The topological polar surface area (TPSA) is 67.2 Å². The number of benzene rings is 2. The maximum absolute atomic E-state index is 14.3. The minimum absolute atomic E-state index is 0.0456. The minimum Gasteiger partial charge on any atom is -0.329 e. The Morgan fingerprint density at radius 3 is 2.41 bits per heavy atom. The molecule has 0 saturated heterocycles. The van der Waals surface area contributed by atoms with Gasteiger partial charge in [0.05, 0.1) is 16.9 Å². The zero-order chi connectivity index (χ0) is 25.0. The minimum atomic E-state index is -0.603. The van der Waals surface area contributed by atoms with Crippen molar-refractivity contribution in [3.05, 3.63) is 77.2 Å². The lowest BCUT2D eigenvalue weighted by atomic mass is 9.92. The lowest BCUT2D eigenvalue weighted by Crippen LogP contribution is -2.40. The molecule has 1 aromatic heterocycles. The average molecular weight is 465 g/mol. The number of hydrogen-bond donors (Lipinski definition) is 1. The molecule has 1 heterocycles. The van der Waals surface area contributed by atoms with Crippen LogP contribution >= 0.6 is 0 Å². The van der Waals surface area contributed by atoms with E-state index in [0.717, 1.165) is 16.9 Å². The highest BCUT2D eigenvalue weighted by atomic mass is 19.1. The highest BCUT2D eigenvalue weighted by Crippen LogP contribution is 2.26. The number of carbonyl (C=O) groups is 2. The predicted molar refractivity (Wildman–Crippen MR) is 133 cm³/mol. The molecule has 0 atom stereocenters. The maximum atomic E-state index is 14.3. The van der Waals surface area contributed by atoms with Crippen LogP contribution in [-0.2, 0) is 10.2 Å². The van der Waals surface area contributed by atoms with E-state index in [4.69, 9.17) is 5.10 Å². The van der Waals surface area contributed by atoms with E-state index in [9.17, 15) is 14.0 Å². The molecule has 7 heteroatoms. The average Bonchev–Trinajstić information content (AvgIpc) is 3.17. The molecule has 34 heavy (non-hydrogen) atoms. The highest BCUT2D eigenvalue weighted by molar-refractivity contribution is 5.99. The number of aromatic nitrogens is 2. The number of halogens is 1. The summed E-state index contributed by atoms with van der Waals surface area (Å²) in [4.78, 5) is 27.5. The van der Waals surface area contributed by atoms with Crippen molar-refractivity contribution in [2.75, 3.05) is 18.4 Å². The summed E-state index contributed by atoms with van der Waals surface area (Å²) in [6.07, 6.45) is 0. The molecule has 0 saturated carbocycles. The molecule has 0 radical (unpaired) electrons. The van der Waals surface area contributed by atoms with Crippen molar-refractivity contribution in [1.82, 2.24) is 14.7 Å². The molecule has 0 spiro atoms. The fourth-order valence-electron chi connectivity index (χ4n) is 3.61. The molecule has 180 valence electrons. The zero-order valence-electron chi connectivity index (χ0n) is 20.7. The Morgan fingerprint density at radius 1 is 1.09 bits per heavy atom. The molecule has 0 fully saturated rings. The Labute approximate surface area is 200 Å². The second-order valence-corrected chi connectivity index (χ2v) is 10.0. The van der Waals surface area contributed by atoms with Crippen LogP contribution in [0.3, 0.4) is 0 Å². The number of hydrogen-bond acceptors (Lipinski definition) is 3. The van der Waals surface area contributed by atoms with Gasteiger partial charge < -0.3 is 10.2 Å². The molecule has 0 unspecified atom stereocenters. The van der Waals surface area contributed by atoms with Gasteiger partial charge in [0.15, 0.2) is 0 Å². The zero-order valence-corrected chi connectivity index (χ0v) is 20.7. The highest BCUT2D eigenvalue weighted by Gasteiger charge is 2.25. The third-order valence-electron chi connectivity index (χ3n) is 5.30. The quantitative estimate of drug-likeness (QED) is 0.512. The van der Waals surface area contributed by atoms with Crippen molar-refractivity contribution in [1.29, 1.82) is 0 Å². The van der Waals surface area contributed by atoms with Crippen LogP contribution in [0, 0.1) is 18.7 Å². The fourth-order valence-corrected chi connectivity index (χ4v) is 3.61. The van der Waals surface area contributed by atoms with Gasteiger partial charge in [0.25, 0.3) is 5.91 Å². The predicted octanol–water partition coefficient (Wildman–Crippen LogP) is 5.35. The molecule has 2 amide bonds. The fraction of sp³-hybridized carbons (Fsp3) is 0.370. The summed E-state index contributed by atoms with van der Waals surface area (Å²) in [5.74, 6) is -0.865. The van der Waals surface area contributed by atoms with E-state index in [2.05, 4.69) is 26.1 Å². The first-order chi connectivity index (χ1) is 16.0. The number of anilines is 1. The van der Waals surface area contributed by atoms with Gasteiger partial charge in [0.2, 0.25) is 5.91 Å². The Bertz CT molecular complexity index is 1180. The van der Waals surface area contributed by atoms with Crippen LogP contribution in [0.15, 0.2) is 54.6 Å².